The molecule has 0 saturated carbocycles. The van der Waals surface area contributed by atoms with Crippen molar-refractivity contribution in [1.82, 2.24) is 20.4 Å². The van der Waals surface area contributed by atoms with E-state index in [9.17, 15) is 14.4 Å². The molecule has 2 aromatic heterocycles. The molecule has 0 saturated heterocycles. The molecule has 10 nitrogen and oxygen atoms in total. The molecule has 2 N–H and O–H groups in total. The number of hydrogen-bond acceptors (Lipinski definition) is 9. The molecule has 44 heavy (non-hydrogen) atoms. The highest BCUT2D eigenvalue weighted by atomic mass is 32.1. The third-order valence-corrected chi connectivity index (χ3v) is 8.01. The van der Waals surface area contributed by atoms with Crippen LogP contribution in [0.15, 0.2) is 66.7 Å². The second kappa shape index (κ2) is 16.4. The highest BCUT2D eigenvalue weighted by Crippen LogP contribution is 2.23. The first-order valence-electron chi connectivity index (χ1n) is 14.9. The molecule has 230 valence electrons. The Balaban J connectivity index is 1.17. The molecule has 2 amide bonds. The molecule has 2 unspecified atom stereocenters. The molecule has 0 aliphatic carbocycles. The van der Waals surface area contributed by atoms with Crippen LogP contribution in [0.4, 0.5) is 10.9 Å². The SMILES string of the molecule is CCOC(=O)CC(C)c1cccc(CC(=O)Nc2ccc(CCCCc3nnc(NC(=O)C(C)c4ccccc4)s3)nn2)c1. The Morgan fingerprint density at radius 2 is 1.61 bits per heavy atom. The summed E-state index contributed by atoms with van der Waals surface area (Å²) in [7, 11) is 0. The van der Waals surface area contributed by atoms with Crippen LogP contribution in [0.1, 0.15) is 79.3 Å². The molecular formula is C33H38N6O4S. The quantitative estimate of drug-likeness (QED) is 0.125. The zero-order valence-electron chi connectivity index (χ0n) is 25.3. The van der Waals surface area contributed by atoms with Gasteiger partial charge >= 0.3 is 5.97 Å². The summed E-state index contributed by atoms with van der Waals surface area (Å²) in [5.41, 5.74) is 3.63. The van der Waals surface area contributed by atoms with Gasteiger partial charge in [0.1, 0.15) is 5.01 Å². The predicted molar refractivity (Wildman–Crippen MR) is 171 cm³/mol. The Labute approximate surface area is 261 Å². The molecule has 0 aliphatic rings. The van der Waals surface area contributed by atoms with Gasteiger partial charge in [-0.3, -0.25) is 14.4 Å². The van der Waals surface area contributed by atoms with Crippen molar-refractivity contribution in [3.63, 3.8) is 0 Å². The number of benzene rings is 2. The molecule has 4 rings (SSSR count). The van der Waals surface area contributed by atoms with Crippen LogP contribution in [-0.2, 0) is 38.4 Å². The zero-order chi connectivity index (χ0) is 31.3. The van der Waals surface area contributed by atoms with Gasteiger partial charge in [0.15, 0.2) is 5.82 Å². The van der Waals surface area contributed by atoms with Crippen molar-refractivity contribution in [1.29, 1.82) is 0 Å². The van der Waals surface area contributed by atoms with Crippen LogP contribution in [0.25, 0.3) is 0 Å². The summed E-state index contributed by atoms with van der Waals surface area (Å²) < 4.78 is 5.05. The van der Waals surface area contributed by atoms with Gasteiger partial charge in [-0.05, 0) is 67.9 Å². The second-order valence-corrected chi connectivity index (χ2v) is 11.7. The van der Waals surface area contributed by atoms with Crippen molar-refractivity contribution in [3.8, 4) is 0 Å². The Kier molecular flexibility index (Phi) is 12.1. The third kappa shape index (κ3) is 10.0. The number of unbranched alkanes of at least 4 members (excludes halogenated alkanes) is 1. The average Bonchev–Trinajstić information content (AvgIpc) is 3.47. The van der Waals surface area contributed by atoms with Gasteiger partial charge < -0.3 is 15.4 Å². The van der Waals surface area contributed by atoms with Gasteiger partial charge in [0, 0.05) is 6.42 Å². The monoisotopic (exact) mass is 614 g/mol. The van der Waals surface area contributed by atoms with E-state index in [2.05, 4.69) is 31.0 Å². The van der Waals surface area contributed by atoms with Crippen LogP contribution in [-0.4, -0.2) is 44.8 Å². The van der Waals surface area contributed by atoms with Crippen molar-refractivity contribution >= 4 is 40.1 Å². The maximum absolute atomic E-state index is 12.6. The predicted octanol–water partition coefficient (Wildman–Crippen LogP) is 5.87. The number of ether oxygens (including phenoxy) is 1. The summed E-state index contributed by atoms with van der Waals surface area (Å²) in [6, 6.07) is 20.9. The van der Waals surface area contributed by atoms with Gasteiger partial charge in [-0.2, -0.15) is 5.10 Å². The number of nitrogens with zero attached hydrogens (tertiary/aromatic N) is 4. The number of carbonyl (C=O) groups excluding carboxylic acids is 3. The Hall–Kier alpha value is -4.51. The van der Waals surface area contributed by atoms with E-state index in [0.717, 1.165) is 53.1 Å². The van der Waals surface area contributed by atoms with Crippen LogP contribution < -0.4 is 10.6 Å². The molecule has 2 heterocycles. The number of rotatable bonds is 15. The lowest BCUT2D eigenvalue weighted by Crippen LogP contribution is -2.18. The van der Waals surface area contributed by atoms with Gasteiger partial charge in [-0.15, -0.1) is 15.3 Å². The highest BCUT2D eigenvalue weighted by Gasteiger charge is 2.17. The van der Waals surface area contributed by atoms with Crippen molar-refractivity contribution in [3.05, 3.63) is 94.1 Å². The molecule has 0 aliphatic heterocycles. The summed E-state index contributed by atoms with van der Waals surface area (Å²) in [4.78, 5) is 37.0. The topological polar surface area (TPSA) is 136 Å². The van der Waals surface area contributed by atoms with E-state index in [0.29, 0.717) is 24.0 Å². The summed E-state index contributed by atoms with van der Waals surface area (Å²) in [6.45, 7) is 5.99. The van der Waals surface area contributed by atoms with E-state index in [1.807, 2.05) is 74.5 Å². The van der Waals surface area contributed by atoms with Crippen molar-refractivity contribution in [2.45, 2.75) is 71.1 Å². The largest absolute Gasteiger partial charge is 0.466 e. The van der Waals surface area contributed by atoms with Crippen LogP contribution in [0.2, 0.25) is 0 Å². The normalized spacial score (nSPS) is 12.2. The molecule has 11 heteroatoms. The van der Waals surface area contributed by atoms with Crippen molar-refractivity contribution in [2.24, 2.45) is 0 Å². The lowest BCUT2D eigenvalue weighted by Gasteiger charge is -2.12. The number of anilines is 2. The Morgan fingerprint density at radius 1 is 0.841 bits per heavy atom. The molecular weight excluding hydrogens is 576 g/mol. The third-order valence-electron chi connectivity index (χ3n) is 7.11. The van der Waals surface area contributed by atoms with Crippen LogP contribution >= 0.6 is 11.3 Å². The second-order valence-electron chi connectivity index (χ2n) is 10.6. The Bertz CT molecular complexity index is 1530. The van der Waals surface area contributed by atoms with E-state index in [1.54, 1.807) is 13.0 Å². The number of aromatic nitrogens is 4. The smallest absolute Gasteiger partial charge is 0.306 e. The highest BCUT2D eigenvalue weighted by molar-refractivity contribution is 7.15. The zero-order valence-corrected chi connectivity index (χ0v) is 26.1. The van der Waals surface area contributed by atoms with Gasteiger partial charge in [-0.1, -0.05) is 72.9 Å². The molecule has 0 fully saturated rings. The molecule has 2 atom stereocenters. The first-order chi connectivity index (χ1) is 21.3. The van der Waals surface area contributed by atoms with Crippen LogP contribution in [0.3, 0.4) is 0 Å². The number of nitrogens with one attached hydrogen (secondary N) is 2. The van der Waals surface area contributed by atoms with E-state index < -0.39 is 0 Å². The molecule has 0 spiro atoms. The lowest BCUT2D eigenvalue weighted by atomic mass is 9.95. The van der Waals surface area contributed by atoms with E-state index in [1.165, 1.54) is 11.3 Å². The fraction of sp³-hybridized carbons (Fsp3) is 0.364. The number of hydrogen-bond donors (Lipinski definition) is 2. The first-order valence-corrected chi connectivity index (χ1v) is 15.7. The van der Waals surface area contributed by atoms with Gasteiger partial charge in [0.25, 0.3) is 0 Å². The average molecular weight is 615 g/mol. The first kappa shape index (κ1) is 32.4. The molecule has 4 aromatic rings. The fourth-order valence-corrected chi connectivity index (χ4v) is 5.41. The van der Waals surface area contributed by atoms with Gasteiger partial charge in [0.05, 0.1) is 31.1 Å². The minimum absolute atomic E-state index is 0.00653. The minimum Gasteiger partial charge on any atom is -0.466 e. The molecule has 2 aromatic carbocycles. The molecule has 0 radical (unpaired) electrons. The summed E-state index contributed by atoms with van der Waals surface area (Å²) in [6.07, 6.45) is 3.76. The summed E-state index contributed by atoms with van der Waals surface area (Å²) in [5.74, 6) is -0.412. The lowest BCUT2D eigenvalue weighted by molar-refractivity contribution is -0.143. The van der Waals surface area contributed by atoms with E-state index in [4.69, 9.17) is 4.74 Å². The van der Waals surface area contributed by atoms with Gasteiger partial charge in [-0.25, -0.2) is 0 Å². The van der Waals surface area contributed by atoms with Crippen LogP contribution in [0.5, 0.6) is 0 Å². The van der Waals surface area contributed by atoms with E-state index in [-0.39, 0.29) is 36.0 Å². The maximum atomic E-state index is 12.6. The van der Waals surface area contributed by atoms with Gasteiger partial charge in [0.2, 0.25) is 16.9 Å². The summed E-state index contributed by atoms with van der Waals surface area (Å²) >= 11 is 1.39. The number of esters is 1. The van der Waals surface area contributed by atoms with Crippen LogP contribution in [0, 0.1) is 0 Å². The number of amides is 2. The Morgan fingerprint density at radius 3 is 2.36 bits per heavy atom. The minimum atomic E-state index is -0.277. The number of carbonyl (C=O) groups is 3. The van der Waals surface area contributed by atoms with Crippen molar-refractivity contribution in [2.75, 3.05) is 17.2 Å². The molecule has 0 bridgehead atoms. The maximum Gasteiger partial charge on any atom is 0.306 e. The van der Waals surface area contributed by atoms with E-state index >= 15 is 0 Å². The summed E-state index contributed by atoms with van der Waals surface area (Å²) in [5, 5.41) is 23.8. The fourth-order valence-electron chi connectivity index (χ4n) is 4.62. The standard InChI is InChI=1S/C33H38N6O4S/c1-4-43-31(41)19-22(2)26-14-10-11-24(20-26)21-29(40)34-28-18-17-27(36-37-28)15-8-9-16-30-38-39-33(44-30)35-32(42)23(3)25-12-6-5-7-13-25/h5-7,10-14,17-18,20,22-23H,4,8-9,15-16,19,21H2,1-3H3,(H,34,37,40)(H,35,39,42). The number of aryl methyl sites for hydroxylation is 2. The van der Waals surface area contributed by atoms with Crippen molar-refractivity contribution < 1.29 is 19.1 Å².